The Kier molecular flexibility index (Phi) is 3.83. The van der Waals surface area contributed by atoms with Crippen molar-refractivity contribution in [2.24, 2.45) is 0 Å². The van der Waals surface area contributed by atoms with E-state index in [1.54, 1.807) is 0 Å². The number of aliphatic hydroxyl groups is 1. The number of aromatic nitrogens is 1. The van der Waals surface area contributed by atoms with Crippen molar-refractivity contribution in [3.63, 3.8) is 0 Å². The van der Waals surface area contributed by atoms with Crippen molar-refractivity contribution in [2.75, 3.05) is 14.1 Å². The Morgan fingerprint density at radius 2 is 2.05 bits per heavy atom. The third kappa shape index (κ3) is 2.17. The summed E-state index contributed by atoms with van der Waals surface area (Å²) in [7, 11) is 4.24. The minimum atomic E-state index is -0.297. The number of hydrogen-bond acceptors (Lipinski definition) is 3. The van der Waals surface area contributed by atoms with E-state index in [0.717, 1.165) is 31.4 Å². The molecule has 2 aliphatic carbocycles. The summed E-state index contributed by atoms with van der Waals surface area (Å²) in [6.45, 7) is 0. The molecule has 1 N–H and O–H groups in total. The van der Waals surface area contributed by atoms with Crippen molar-refractivity contribution in [3.8, 4) is 0 Å². The zero-order valence-corrected chi connectivity index (χ0v) is 12.7. The van der Waals surface area contributed by atoms with E-state index in [4.69, 9.17) is 0 Å². The van der Waals surface area contributed by atoms with E-state index in [0.29, 0.717) is 0 Å². The highest BCUT2D eigenvalue weighted by atomic mass is 16.3. The second kappa shape index (κ2) is 5.45. The van der Waals surface area contributed by atoms with Crippen molar-refractivity contribution in [3.05, 3.63) is 29.6 Å². The van der Waals surface area contributed by atoms with Gasteiger partial charge in [-0.15, -0.1) is 0 Å². The highest BCUT2D eigenvalue weighted by Crippen LogP contribution is 2.44. The average molecular weight is 274 g/mol. The normalized spacial score (nSPS) is 26.5. The van der Waals surface area contributed by atoms with Gasteiger partial charge in [0.05, 0.1) is 6.10 Å². The van der Waals surface area contributed by atoms with E-state index in [-0.39, 0.29) is 17.6 Å². The highest BCUT2D eigenvalue weighted by Gasteiger charge is 2.47. The van der Waals surface area contributed by atoms with Crippen LogP contribution >= 0.6 is 0 Å². The van der Waals surface area contributed by atoms with Crippen molar-refractivity contribution in [2.45, 2.75) is 62.5 Å². The van der Waals surface area contributed by atoms with Gasteiger partial charge in [0, 0.05) is 23.3 Å². The number of likely N-dealkylation sites (N-methyl/N-ethyl adjacent to an activating group) is 1. The fourth-order valence-electron chi connectivity index (χ4n) is 4.32. The van der Waals surface area contributed by atoms with E-state index >= 15 is 0 Å². The Hall–Kier alpha value is -0.930. The smallest absolute Gasteiger partial charge is 0.0807 e. The predicted molar refractivity (Wildman–Crippen MR) is 80.8 cm³/mol. The van der Waals surface area contributed by atoms with E-state index < -0.39 is 0 Å². The Morgan fingerprint density at radius 1 is 1.30 bits per heavy atom. The van der Waals surface area contributed by atoms with Crippen LogP contribution in [0.4, 0.5) is 0 Å². The molecule has 1 fully saturated rings. The number of fused-ring (bicyclic) bond motifs is 1. The van der Waals surface area contributed by atoms with Gasteiger partial charge in [0.2, 0.25) is 0 Å². The lowest BCUT2D eigenvalue weighted by atomic mass is 9.74. The molecule has 2 unspecified atom stereocenters. The molecule has 1 saturated carbocycles. The molecule has 2 atom stereocenters. The zero-order chi connectivity index (χ0) is 14.2. The second-order valence-electron chi connectivity index (χ2n) is 6.70. The van der Waals surface area contributed by atoms with Gasteiger partial charge < -0.3 is 10.0 Å². The van der Waals surface area contributed by atoms with Crippen LogP contribution in [-0.2, 0) is 6.42 Å². The molecule has 0 bridgehead atoms. The van der Waals surface area contributed by atoms with Gasteiger partial charge in [0.25, 0.3) is 0 Å². The van der Waals surface area contributed by atoms with Crippen LogP contribution < -0.4 is 0 Å². The molecule has 2 aliphatic rings. The fraction of sp³-hybridized carbons (Fsp3) is 0.706. The van der Waals surface area contributed by atoms with E-state index in [1.807, 2.05) is 12.3 Å². The first kappa shape index (κ1) is 14.0. The Balaban J connectivity index is 1.93. The fourth-order valence-corrected chi connectivity index (χ4v) is 4.32. The number of aryl methyl sites for hydroxylation is 1. The zero-order valence-electron chi connectivity index (χ0n) is 12.7. The standard InChI is InChI=1S/C17H26N2O/c1-19(2)17(10-3-4-11-17)16(20)14-9-5-7-13-8-6-12-18-15(13)14/h6,8,12,14,16,20H,3-5,7,9-11H2,1-2H3. The summed E-state index contributed by atoms with van der Waals surface area (Å²) in [6.07, 6.45) is 9.62. The molecule has 3 nitrogen and oxygen atoms in total. The molecular weight excluding hydrogens is 248 g/mol. The van der Waals surface area contributed by atoms with Gasteiger partial charge >= 0.3 is 0 Å². The largest absolute Gasteiger partial charge is 0.390 e. The van der Waals surface area contributed by atoms with Gasteiger partial charge in [-0.05, 0) is 57.8 Å². The third-order valence-electron chi connectivity index (χ3n) is 5.53. The summed E-state index contributed by atoms with van der Waals surface area (Å²) < 4.78 is 0. The molecule has 0 aliphatic heterocycles. The molecule has 0 radical (unpaired) electrons. The van der Waals surface area contributed by atoms with Crippen LogP contribution in [0.25, 0.3) is 0 Å². The molecule has 20 heavy (non-hydrogen) atoms. The molecule has 1 heterocycles. The monoisotopic (exact) mass is 274 g/mol. The van der Waals surface area contributed by atoms with Gasteiger partial charge in [-0.25, -0.2) is 0 Å². The van der Waals surface area contributed by atoms with E-state index in [1.165, 1.54) is 24.8 Å². The molecule has 110 valence electrons. The molecule has 1 aromatic rings. The Labute approximate surface area is 122 Å². The summed E-state index contributed by atoms with van der Waals surface area (Å²) in [5.41, 5.74) is 2.45. The molecule has 0 spiro atoms. The SMILES string of the molecule is CN(C)C1(C(O)C2CCCc3cccnc32)CCCC1. The lowest BCUT2D eigenvalue weighted by molar-refractivity contribution is -0.0236. The topological polar surface area (TPSA) is 36.4 Å². The minimum Gasteiger partial charge on any atom is -0.390 e. The second-order valence-corrected chi connectivity index (χ2v) is 6.70. The lowest BCUT2D eigenvalue weighted by Crippen LogP contribution is -2.54. The molecule has 3 rings (SSSR count). The number of hydrogen-bond donors (Lipinski definition) is 1. The molecule has 0 amide bonds. The molecular formula is C17H26N2O. The molecule has 0 saturated heterocycles. The van der Waals surface area contributed by atoms with Crippen LogP contribution in [0.5, 0.6) is 0 Å². The maximum Gasteiger partial charge on any atom is 0.0807 e. The number of aliphatic hydroxyl groups excluding tert-OH is 1. The van der Waals surface area contributed by atoms with Gasteiger partial charge in [0.15, 0.2) is 0 Å². The predicted octanol–water partition coefficient (Wildman–Crippen LogP) is 2.74. The summed E-state index contributed by atoms with van der Waals surface area (Å²) >= 11 is 0. The maximum atomic E-state index is 11.2. The molecule has 3 heteroatoms. The van der Waals surface area contributed by atoms with Gasteiger partial charge in [0.1, 0.15) is 0 Å². The van der Waals surface area contributed by atoms with Gasteiger partial charge in [-0.3, -0.25) is 4.98 Å². The molecule has 0 aromatic carbocycles. The quantitative estimate of drug-likeness (QED) is 0.920. The van der Waals surface area contributed by atoms with Gasteiger partial charge in [-0.1, -0.05) is 18.9 Å². The van der Waals surface area contributed by atoms with Crippen LogP contribution in [0.15, 0.2) is 18.3 Å². The van der Waals surface area contributed by atoms with Crippen LogP contribution in [-0.4, -0.2) is 40.7 Å². The first-order valence-electron chi connectivity index (χ1n) is 7.94. The summed E-state index contributed by atoms with van der Waals surface area (Å²) in [5.74, 6) is 0.209. The number of nitrogens with zero attached hydrogens (tertiary/aromatic N) is 2. The first-order chi connectivity index (χ1) is 9.65. The van der Waals surface area contributed by atoms with Crippen LogP contribution in [0.3, 0.4) is 0 Å². The van der Waals surface area contributed by atoms with Crippen molar-refractivity contribution >= 4 is 0 Å². The summed E-state index contributed by atoms with van der Waals surface area (Å²) in [4.78, 5) is 6.87. The van der Waals surface area contributed by atoms with Crippen molar-refractivity contribution in [1.29, 1.82) is 0 Å². The number of pyridine rings is 1. The highest BCUT2D eigenvalue weighted by molar-refractivity contribution is 5.28. The summed E-state index contributed by atoms with van der Waals surface area (Å²) in [6, 6.07) is 4.20. The Bertz CT molecular complexity index is 466. The molecule has 1 aromatic heterocycles. The summed E-state index contributed by atoms with van der Waals surface area (Å²) in [5, 5.41) is 11.2. The minimum absolute atomic E-state index is 0.0448. The van der Waals surface area contributed by atoms with Crippen LogP contribution in [0, 0.1) is 0 Å². The lowest BCUT2D eigenvalue weighted by Gasteiger charge is -2.44. The van der Waals surface area contributed by atoms with E-state index in [9.17, 15) is 5.11 Å². The first-order valence-corrected chi connectivity index (χ1v) is 7.94. The van der Waals surface area contributed by atoms with Crippen molar-refractivity contribution < 1.29 is 5.11 Å². The average Bonchev–Trinajstić information content (AvgIpc) is 2.97. The van der Waals surface area contributed by atoms with E-state index in [2.05, 4.69) is 30.0 Å². The van der Waals surface area contributed by atoms with Crippen molar-refractivity contribution in [1.82, 2.24) is 9.88 Å². The van der Waals surface area contributed by atoms with Crippen LogP contribution in [0.1, 0.15) is 55.7 Å². The Morgan fingerprint density at radius 3 is 2.75 bits per heavy atom. The third-order valence-corrected chi connectivity index (χ3v) is 5.53. The van der Waals surface area contributed by atoms with Gasteiger partial charge in [-0.2, -0.15) is 0 Å². The maximum absolute atomic E-state index is 11.2. The van der Waals surface area contributed by atoms with Crippen LogP contribution in [0.2, 0.25) is 0 Å². The number of rotatable bonds is 3.